The Morgan fingerprint density at radius 3 is 2.55 bits per heavy atom. The van der Waals surface area contributed by atoms with Crippen LogP contribution in [0, 0.1) is 0 Å². The van der Waals surface area contributed by atoms with Gasteiger partial charge in [-0.15, -0.1) is 24.0 Å². The van der Waals surface area contributed by atoms with Crippen molar-refractivity contribution in [3.63, 3.8) is 0 Å². The van der Waals surface area contributed by atoms with Crippen molar-refractivity contribution in [3.05, 3.63) is 59.9 Å². The third-order valence-electron chi connectivity index (χ3n) is 4.79. The highest BCUT2D eigenvalue weighted by molar-refractivity contribution is 14.0. The molecule has 0 aliphatic carbocycles. The van der Waals surface area contributed by atoms with E-state index in [1.54, 1.807) is 0 Å². The van der Waals surface area contributed by atoms with Gasteiger partial charge in [0.1, 0.15) is 5.82 Å². The van der Waals surface area contributed by atoms with E-state index >= 15 is 0 Å². The first-order chi connectivity index (χ1) is 13.5. The zero-order valence-corrected chi connectivity index (χ0v) is 20.2. The van der Waals surface area contributed by atoms with Gasteiger partial charge in [-0.25, -0.2) is 9.98 Å². The number of nitrogens with one attached hydrogen (secondary N) is 1. The number of aryl methyl sites for hydroxylation is 1. The Labute approximate surface area is 190 Å². The van der Waals surface area contributed by atoms with Crippen molar-refractivity contribution >= 4 is 46.7 Å². The summed E-state index contributed by atoms with van der Waals surface area (Å²) >= 11 is 0. The second-order valence-corrected chi connectivity index (χ2v) is 7.19. The lowest BCUT2D eigenvalue weighted by molar-refractivity contribution is 0.462. The molecule has 0 bridgehead atoms. The van der Waals surface area contributed by atoms with Crippen molar-refractivity contribution in [2.45, 2.75) is 20.0 Å². The highest BCUT2D eigenvalue weighted by atomic mass is 127. The number of guanidine groups is 1. The second kappa shape index (κ2) is 10.5. The summed E-state index contributed by atoms with van der Waals surface area (Å²) < 4.78 is 2.14. The number of pyridine rings is 1. The Morgan fingerprint density at radius 2 is 1.90 bits per heavy atom. The fraction of sp³-hybridized carbons (Fsp3) is 0.364. The topological polar surface area (TPSA) is 48.7 Å². The smallest absolute Gasteiger partial charge is 0.194 e. The SMILES string of the molecule is CCNC(=NCc1cc(N(C)C)nc2ccccc12)N(C)Cc1cccn1C.I. The third kappa shape index (κ3) is 5.62. The number of anilines is 1. The molecule has 3 rings (SSSR count). The molecule has 1 N–H and O–H groups in total. The molecule has 0 aliphatic heterocycles. The van der Waals surface area contributed by atoms with Crippen molar-refractivity contribution < 1.29 is 0 Å². The van der Waals surface area contributed by atoms with E-state index < -0.39 is 0 Å². The molecular formula is C22H31IN6. The lowest BCUT2D eigenvalue weighted by Gasteiger charge is -2.22. The van der Waals surface area contributed by atoms with Crippen molar-refractivity contribution in [1.29, 1.82) is 0 Å². The summed E-state index contributed by atoms with van der Waals surface area (Å²) in [6.07, 6.45) is 2.07. The van der Waals surface area contributed by atoms with Gasteiger partial charge in [0.25, 0.3) is 0 Å². The number of para-hydroxylation sites is 1. The number of nitrogens with zero attached hydrogens (tertiary/aromatic N) is 5. The Balaban J connectivity index is 0.00000300. The summed E-state index contributed by atoms with van der Waals surface area (Å²) in [5.41, 5.74) is 3.43. The minimum absolute atomic E-state index is 0. The molecule has 0 atom stereocenters. The molecule has 2 aromatic heterocycles. The molecule has 3 aromatic rings. The lowest BCUT2D eigenvalue weighted by Crippen LogP contribution is -2.38. The van der Waals surface area contributed by atoms with Crippen LogP contribution in [0.3, 0.4) is 0 Å². The van der Waals surface area contributed by atoms with Gasteiger partial charge in [-0.3, -0.25) is 0 Å². The van der Waals surface area contributed by atoms with Crippen LogP contribution in [0.5, 0.6) is 0 Å². The van der Waals surface area contributed by atoms with Crippen LogP contribution in [-0.2, 0) is 20.1 Å². The maximum Gasteiger partial charge on any atom is 0.194 e. The van der Waals surface area contributed by atoms with Gasteiger partial charge in [0.2, 0.25) is 0 Å². The van der Waals surface area contributed by atoms with E-state index in [9.17, 15) is 0 Å². The fourth-order valence-corrected chi connectivity index (χ4v) is 3.20. The minimum Gasteiger partial charge on any atom is -0.363 e. The molecule has 0 saturated heterocycles. The fourth-order valence-electron chi connectivity index (χ4n) is 3.20. The molecule has 6 nitrogen and oxygen atoms in total. The number of halogens is 1. The molecule has 0 spiro atoms. The van der Waals surface area contributed by atoms with Gasteiger partial charge in [0.05, 0.1) is 18.6 Å². The Bertz CT molecular complexity index is 963. The maximum absolute atomic E-state index is 4.92. The van der Waals surface area contributed by atoms with Gasteiger partial charge in [0.15, 0.2) is 5.96 Å². The van der Waals surface area contributed by atoms with Crippen molar-refractivity contribution in [1.82, 2.24) is 19.8 Å². The molecule has 0 saturated carbocycles. The average Bonchev–Trinajstić information content (AvgIpc) is 3.09. The van der Waals surface area contributed by atoms with Gasteiger partial charge in [-0.05, 0) is 36.8 Å². The zero-order chi connectivity index (χ0) is 20.1. The molecule has 0 amide bonds. The van der Waals surface area contributed by atoms with Crippen molar-refractivity contribution in [3.8, 4) is 0 Å². The number of fused-ring (bicyclic) bond motifs is 1. The van der Waals surface area contributed by atoms with E-state index in [1.165, 1.54) is 11.3 Å². The number of benzene rings is 1. The van der Waals surface area contributed by atoms with Crippen LogP contribution >= 0.6 is 24.0 Å². The molecule has 0 fully saturated rings. The normalized spacial score (nSPS) is 11.3. The van der Waals surface area contributed by atoms with Gasteiger partial charge < -0.3 is 19.7 Å². The summed E-state index contributed by atoms with van der Waals surface area (Å²) in [4.78, 5) is 13.9. The average molecular weight is 506 g/mol. The zero-order valence-electron chi connectivity index (χ0n) is 17.9. The summed E-state index contributed by atoms with van der Waals surface area (Å²) in [5, 5.41) is 4.56. The van der Waals surface area contributed by atoms with Crippen LogP contribution in [0.25, 0.3) is 10.9 Å². The van der Waals surface area contributed by atoms with Crippen molar-refractivity contribution in [2.75, 3.05) is 32.6 Å². The van der Waals surface area contributed by atoms with Gasteiger partial charge in [0, 0.05) is 52.0 Å². The van der Waals surface area contributed by atoms with Crippen LogP contribution < -0.4 is 10.2 Å². The van der Waals surface area contributed by atoms with Crippen LogP contribution in [0.4, 0.5) is 5.82 Å². The van der Waals surface area contributed by atoms with Crippen LogP contribution in [0.1, 0.15) is 18.2 Å². The first kappa shape index (κ1) is 23.0. The molecular weight excluding hydrogens is 475 g/mol. The van der Waals surface area contributed by atoms with E-state index in [0.29, 0.717) is 6.54 Å². The number of aliphatic imine (C=N–C) groups is 1. The van der Waals surface area contributed by atoms with Gasteiger partial charge >= 0.3 is 0 Å². The number of rotatable bonds is 6. The molecule has 1 aromatic carbocycles. The van der Waals surface area contributed by atoms with E-state index in [4.69, 9.17) is 9.98 Å². The number of hydrogen-bond acceptors (Lipinski definition) is 3. The van der Waals surface area contributed by atoms with Crippen LogP contribution in [0.2, 0.25) is 0 Å². The summed E-state index contributed by atoms with van der Waals surface area (Å²) in [6, 6.07) is 14.6. The first-order valence-electron chi connectivity index (χ1n) is 9.65. The lowest BCUT2D eigenvalue weighted by atomic mass is 10.1. The van der Waals surface area contributed by atoms with Gasteiger partial charge in [-0.2, -0.15) is 0 Å². The Morgan fingerprint density at radius 1 is 1.14 bits per heavy atom. The van der Waals surface area contributed by atoms with Crippen LogP contribution in [-0.4, -0.2) is 48.1 Å². The van der Waals surface area contributed by atoms with E-state index in [1.807, 2.05) is 25.1 Å². The summed E-state index contributed by atoms with van der Waals surface area (Å²) in [5.74, 6) is 1.85. The molecule has 156 valence electrons. The summed E-state index contributed by atoms with van der Waals surface area (Å²) in [7, 11) is 8.17. The van der Waals surface area contributed by atoms with Crippen molar-refractivity contribution in [2.24, 2.45) is 12.0 Å². The minimum atomic E-state index is 0. The monoisotopic (exact) mass is 506 g/mol. The highest BCUT2D eigenvalue weighted by Gasteiger charge is 2.10. The van der Waals surface area contributed by atoms with Gasteiger partial charge in [-0.1, -0.05) is 18.2 Å². The van der Waals surface area contributed by atoms with E-state index in [0.717, 1.165) is 35.8 Å². The predicted octanol–water partition coefficient (Wildman–Crippen LogP) is 3.85. The largest absolute Gasteiger partial charge is 0.363 e. The predicted molar refractivity (Wildman–Crippen MR) is 133 cm³/mol. The maximum atomic E-state index is 4.92. The molecule has 0 radical (unpaired) electrons. The standard InChI is InChI=1S/C22H30N6.HI/c1-6-23-22(28(5)16-18-10-9-13-27(18)4)24-15-17-14-21(26(2)3)25-20-12-8-7-11-19(17)20;/h7-14H,6,15-16H2,1-5H3,(H,23,24);1H. The molecule has 2 heterocycles. The second-order valence-electron chi connectivity index (χ2n) is 7.19. The molecule has 0 aliphatic rings. The highest BCUT2D eigenvalue weighted by Crippen LogP contribution is 2.23. The van der Waals surface area contributed by atoms with E-state index in [-0.39, 0.29) is 24.0 Å². The van der Waals surface area contributed by atoms with Crippen LogP contribution in [0.15, 0.2) is 53.7 Å². The molecule has 29 heavy (non-hydrogen) atoms. The third-order valence-corrected chi connectivity index (χ3v) is 4.79. The number of hydrogen-bond donors (Lipinski definition) is 1. The number of aromatic nitrogens is 2. The molecule has 7 heteroatoms. The first-order valence-corrected chi connectivity index (χ1v) is 9.65. The molecule has 0 unspecified atom stereocenters. The Hall–Kier alpha value is -2.29. The van der Waals surface area contributed by atoms with E-state index in [2.05, 4.69) is 78.4 Å². The Kier molecular flexibility index (Phi) is 8.31. The summed E-state index contributed by atoms with van der Waals surface area (Å²) in [6.45, 7) is 4.33. The quantitative estimate of drug-likeness (QED) is 0.314.